The van der Waals surface area contributed by atoms with Crippen LogP contribution >= 0.6 is 10.7 Å². The van der Waals surface area contributed by atoms with Gasteiger partial charge in [0.2, 0.25) is 5.03 Å². The van der Waals surface area contributed by atoms with Crippen molar-refractivity contribution in [1.29, 1.82) is 0 Å². The van der Waals surface area contributed by atoms with E-state index in [1.807, 2.05) is 0 Å². The fraction of sp³-hybridized carbons (Fsp3) is 0. The molecule has 0 unspecified atom stereocenters. The van der Waals surface area contributed by atoms with Crippen LogP contribution in [0.25, 0.3) is 5.69 Å². The molecule has 0 bridgehead atoms. The summed E-state index contributed by atoms with van der Waals surface area (Å²) in [6.07, 6.45) is 1.15. The van der Waals surface area contributed by atoms with Gasteiger partial charge in [0.25, 0.3) is 9.05 Å². The van der Waals surface area contributed by atoms with E-state index in [0.717, 1.165) is 6.20 Å². The van der Waals surface area contributed by atoms with Crippen molar-refractivity contribution in [2.75, 3.05) is 0 Å². The quantitative estimate of drug-likeness (QED) is 0.765. The second-order valence-electron chi connectivity index (χ2n) is 2.92. The molecule has 5 nitrogen and oxygen atoms in total. The standard InChI is InChI=1S/C8H5ClFN3O2S/c9-16(14,15)8-5-13(12-11-8)7-3-1-6(10)2-4-7/h1-5H. The molecule has 2 aromatic rings. The zero-order valence-corrected chi connectivity index (χ0v) is 9.28. The summed E-state index contributed by atoms with van der Waals surface area (Å²) in [5, 5.41) is 6.60. The van der Waals surface area contributed by atoms with E-state index in [4.69, 9.17) is 10.7 Å². The van der Waals surface area contributed by atoms with Gasteiger partial charge in [0.05, 0.1) is 11.9 Å². The predicted octanol–water partition coefficient (Wildman–Crippen LogP) is 1.33. The molecule has 0 radical (unpaired) electrons. The van der Waals surface area contributed by atoms with Crippen LogP contribution in [0, 0.1) is 5.82 Å². The monoisotopic (exact) mass is 261 g/mol. The first kappa shape index (κ1) is 11.0. The third-order valence-electron chi connectivity index (χ3n) is 1.81. The maximum atomic E-state index is 12.6. The Morgan fingerprint density at radius 3 is 2.38 bits per heavy atom. The van der Waals surface area contributed by atoms with Gasteiger partial charge >= 0.3 is 0 Å². The Bertz CT molecular complexity index is 608. The largest absolute Gasteiger partial charge is 0.282 e. The summed E-state index contributed by atoms with van der Waals surface area (Å²) in [7, 11) is 1.19. The lowest BCUT2D eigenvalue weighted by atomic mass is 10.3. The Balaban J connectivity index is 2.43. The van der Waals surface area contributed by atoms with Crippen molar-refractivity contribution >= 4 is 19.7 Å². The third kappa shape index (κ3) is 2.20. The van der Waals surface area contributed by atoms with Crippen molar-refractivity contribution < 1.29 is 12.8 Å². The first-order valence-corrected chi connectivity index (χ1v) is 6.41. The van der Waals surface area contributed by atoms with Crippen molar-refractivity contribution in [3.8, 4) is 5.69 Å². The topological polar surface area (TPSA) is 64.8 Å². The lowest BCUT2D eigenvalue weighted by Crippen LogP contribution is -1.94. The molecule has 84 valence electrons. The van der Waals surface area contributed by atoms with Crippen molar-refractivity contribution in [2.24, 2.45) is 0 Å². The molecule has 0 amide bonds. The third-order valence-corrected chi connectivity index (χ3v) is 2.97. The van der Waals surface area contributed by atoms with E-state index in [2.05, 4.69) is 10.3 Å². The van der Waals surface area contributed by atoms with Crippen LogP contribution < -0.4 is 0 Å². The molecule has 0 aliphatic carbocycles. The molecular formula is C8H5ClFN3O2S. The molecule has 16 heavy (non-hydrogen) atoms. The highest BCUT2D eigenvalue weighted by molar-refractivity contribution is 8.13. The minimum absolute atomic E-state index is 0.349. The van der Waals surface area contributed by atoms with E-state index < -0.39 is 14.9 Å². The Morgan fingerprint density at radius 1 is 1.25 bits per heavy atom. The summed E-state index contributed by atoms with van der Waals surface area (Å²) in [5.41, 5.74) is 0.487. The summed E-state index contributed by atoms with van der Waals surface area (Å²) in [6, 6.07) is 5.33. The lowest BCUT2D eigenvalue weighted by molar-refractivity contribution is 0.605. The van der Waals surface area contributed by atoms with Crippen LogP contribution in [0.5, 0.6) is 0 Å². The zero-order chi connectivity index (χ0) is 11.8. The fourth-order valence-corrected chi connectivity index (χ4v) is 1.65. The molecule has 2 rings (SSSR count). The van der Waals surface area contributed by atoms with Gasteiger partial charge in [0.1, 0.15) is 5.82 Å². The molecule has 1 aromatic carbocycles. The Labute approximate surface area is 94.9 Å². The summed E-state index contributed by atoms with van der Waals surface area (Å²) in [5.74, 6) is -0.394. The first-order valence-electron chi connectivity index (χ1n) is 4.10. The van der Waals surface area contributed by atoms with Gasteiger partial charge in [-0.3, -0.25) is 0 Å². The number of halogens is 2. The van der Waals surface area contributed by atoms with Crippen molar-refractivity contribution in [3.05, 3.63) is 36.3 Å². The highest BCUT2D eigenvalue weighted by atomic mass is 35.7. The zero-order valence-electron chi connectivity index (χ0n) is 7.71. The Kier molecular flexibility index (Phi) is 2.64. The summed E-state index contributed by atoms with van der Waals surface area (Å²) in [6.45, 7) is 0. The molecule has 0 saturated carbocycles. The van der Waals surface area contributed by atoms with Gasteiger partial charge in [-0.1, -0.05) is 5.21 Å². The molecule has 1 heterocycles. The minimum atomic E-state index is -3.89. The Hall–Kier alpha value is -1.47. The number of benzene rings is 1. The summed E-state index contributed by atoms with van der Waals surface area (Å²) in [4.78, 5) is 0. The van der Waals surface area contributed by atoms with Gasteiger partial charge in [-0.25, -0.2) is 17.5 Å². The average Bonchev–Trinajstić information content (AvgIpc) is 2.67. The molecule has 8 heteroatoms. The number of aromatic nitrogens is 3. The number of hydrogen-bond donors (Lipinski definition) is 0. The van der Waals surface area contributed by atoms with Crippen LogP contribution in [0.2, 0.25) is 0 Å². The molecule has 0 fully saturated rings. The molecule has 0 aliphatic heterocycles. The van der Waals surface area contributed by atoms with Crippen molar-refractivity contribution in [2.45, 2.75) is 5.03 Å². The highest BCUT2D eigenvalue weighted by Crippen LogP contribution is 2.13. The van der Waals surface area contributed by atoms with E-state index in [1.165, 1.54) is 28.9 Å². The molecular weight excluding hydrogens is 257 g/mol. The average molecular weight is 262 g/mol. The predicted molar refractivity (Wildman–Crippen MR) is 54.4 cm³/mol. The smallest absolute Gasteiger partial charge is 0.219 e. The number of rotatable bonds is 2. The van der Waals surface area contributed by atoms with Crippen LogP contribution in [0.3, 0.4) is 0 Å². The molecule has 0 saturated heterocycles. The van der Waals surface area contributed by atoms with E-state index >= 15 is 0 Å². The van der Waals surface area contributed by atoms with Gasteiger partial charge in [-0.05, 0) is 24.3 Å². The van der Waals surface area contributed by atoms with Gasteiger partial charge in [-0.2, -0.15) is 0 Å². The summed E-state index contributed by atoms with van der Waals surface area (Å²) < 4.78 is 35.7. The van der Waals surface area contributed by atoms with Crippen LogP contribution in [0.4, 0.5) is 4.39 Å². The van der Waals surface area contributed by atoms with Gasteiger partial charge < -0.3 is 0 Å². The van der Waals surface area contributed by atoms with Crippen LogP contribution in [0.15, 0.2) is 35.5 Å². The molecule has 0 atom stereocenters. The van der Waals surface area contributed by atoms with Crippen LogP contribution in [-0.2, 0) is 9.05 Å². The SMILES string of the molecule is O=S(=O)(Cl)c1cn(-c2ccc(F)cc2)nn1. The van der Waals surface area contributed by atoms with Crippen LogP contribution in [0.1, 0.15) is 0 Å². The van der Waals surface area contributed by atoms with Crippen LogP contribution in [-0.4, -0.2) is 23.4 Å². The molecule has 0 aliphatic rings. The second kappa shape index (κ2) is 3.84. The van der Waals surface area contributed by atoms with E-state index in [9.17, 15) is 12.8 Å². The summed E-state index contributed by atoms with van der Waals surface area (Å²) >= 11 is 0. The minimum Gasteiger partial charge on any atom is -0.219 e. The molecule has 0 spiro atoms. The van der Waals surface area contributed by atoms with Crippen molar-refractivity contribution in [3.63, 3.8) is 0 Å². The maximum absolute atomic E-state index is 12.6. The maximum Gasteiger partial charge on any atom is 0.282 e. The van der Waals surface area contributed by atoms with Gasteiger partial charge in [-0.15, -0.1) is 5.10 Å². The molecule has 1 aromatic heterocycles. The van der Waals surface area contributed by atoms with Gasteiger partial charge in [0.15, 0.2) is 0 Å². The first-order chi connectivity index (χ1) is 7.47. The van der Waals surface area contributed by atoms with Gasteiger partial charge in [0, 0.05) is 10.7 Å². The molecule has 0 N–H and O–H groups in total. The van der Waals surface area contributed by atoms with E-state index in [0.29, 0.717) is 5.69 Å². The highest BCUT2D eigenvalue weighted by Gasteiger charge is 2.15. The second-order valence-corrected chi connectivity index (χ2v) is 5.43. The number of nitrogens with zero attached hydrogens (tertiary/aromatic N) is 3. The van der Waals surface area contributed by atoms with E-state index in [-0.39, 0.29) is 5.03 Å². The fourth-order valence-electron chi connectivity index (χ4n) is 1.08. The van der Waals surface area contributed by atoms with E-state index in [1.54, 1.807) is 0 Å². The lowest BCUT2D eigenvalue weighted by Gasteiger charge is -1.97. The normalized spacial score (nSPS) is 11.6. The Morgan fingerprint density at radius 2 is 1.88 bits per heavy atom. The number of hydrogen-bond acceptors (Lipinski definition) is 4. The van der Waals surface area contributed by atoms with Crippen molar-refractivity contribution in [1.82, 2.24) is 15.0 Å².